The summed E-state index contributed by atoms with van der Waals surface area (Å²) in [4.78, 5) is 49.1. The van der Waals surface area contributed by atoms with E-state index in [-0.39, 0.29) is 30.9 Å². The van der Waals surface area contributed by atoms with Crippen LogP contribution in [-0.4, -0.2) is 76.1 Å². The van der Waals surface area contributed by atoms with Crippen molar-refractivity contribution in [1.29, 1.82) is 0 Å². The number of amides is 3. The molecule has 6 atom stereocenters. The zero-order valence-electron chi connectivity index (χ0n) is 25.5. The number of ether oxygens (including phenoxy) is 1. The molecule has 8 nitrogen and oxygen atoms in total. The first-order chi connectivity index (χ1) is 22.3. The SMILES string of the molecule is Cc1cccc(Cl)c1N1CC=C[C@]23O[C@H]4C=CCN(Cc5ccccc5)C(=O)[C@H]4[C@H]2C(=O)N([C@@H](CO)Cc2ccccc2)C3C1=O. The smallest absolute Gasteiger partial charge is 0.253 e. The number of fused-ring (bicyclic) bond motifs is 2. The summed E-state index contributed by atoms with van der Waals surface area (Å²) in [5, 5.41) is 11.2. The highest BCUT2D eigenvalue weighted by molar-refractivity contribution is 6.34. The van der Waals surface area contributed by atoms with Gasteiger partial charge in [-0.3, -0.25) is 14.4 Å². The van der Waals surface area contributed by atoms with Gasteiger partial charge >= 0.3 is 0 Å². The van der Waals surface area contributed by atoms with E-state index in [2.05, 4.69) is 0 Å². The van der Waals surface area contributed by atoms with Gasteiger partial charge in [-0.2, -0.15) is 0 Å². The van der Waals surface area contributed by atoms with Crippen LogP contribution < -0.4 is 4.90 Å². The molecule has 4 aliphatic heterocycles. The minimum atomic E-state index is -1.42. The first kappa shape index (κ1) is 30.4. The van der Waals surface area contributed by atoms with Crippen LogP contribution in [0.5, 0.6) is 0 Å². The Labute approximate surface area is 273 Å². The number of aliphatic hydroxyl groups is 1. The standard InChI is InChI=1S/C37H36ClN3O5/c1-24-11-8-16-28(38)32(24)40-20-10-18-37-31(30-29(46-37)17-9-19-39(34(30)43)22-26-14-6-3-7-15-26)35(44)41(33(37)36(40)45)27(23-42)21-25-12-4-2-5-13-25/h2-18,27,29-31,33,42H,19-23H2,1H3/t27-,29+,30-,31+,33?,37+/m1/s1. The molecule has 2 fully saturated rings. The van der Waals surface area contributed by atoms with Gasteiger partial charge in [0.1, 0.15) is 11.6 Å². The maximum atomic E-state index is 14.9. The van der Waals surface area contributed by atoms with Gasteiger partial charge in [-0.1, -0.05) is 109 Å². The topological polar surface area (TPSA) is 90.4 Å². The third-order valence-electron chi connectivity index (χ3n) is 9.77. The number of carbonyl (C=O) groups excluding carboxylic acids is 3. The van der Waals surface area contributed by atoms with E-state index in [4.69, 9.17) is 16.3 Å². The Morgan fingerprint density at radius 3 is 2.30 bits per heavy atom. The number of aliphatic hydroxyl groups excluding tert-OH is 1. The molecule has 1 unspecified atom stereocenters. The Kier molecular flexibility index (Phi) is 8.05. The number of aryl methyl sites for hydroxylation is 1. The average Bonchev–Trinajstić information content (AvgIpc) is 3.39. The molecule has 0 saturated carbocycles. The van der Waals surface area contributed by atoms with Gasteiger partial charge in [-0.25, -0.2) is 0 Å². The van der Waals surface area contributed by atoms with Gasteiger partial charge in [0.15, 0.2) is 0 Å². The number of anilines is 1. The van der Waals surface area contributed by atoms with Crippen LogP contribution in [0, 0.1) is 18.8 Å². The highest BCUT2D eigenvalue weighted by Crippen LogP contribution is 2.54. The molecule has 0 radical (unpaired) electrons. The number of nitrogens with zero attached hydrogens (tertiary/aromatic N) is 3. The highest BCUT2D eigenvalue weighted by Gasteiger charge is 2.72. The molecular weight excluding hydrogens is 602 g/mol. The number of rotatable bonds is 7. The van der Waals surface area contributed by atoms with Gasteiger partial charge in [-0.15, -0.1) is 0 Å². The second kappa shape index (κ2) is 12.2. The maximum Gasteiger partial charge on any atom is 0.253 e. The lowest BCUT2D eigenvalue weighted by atomic mass is 9.77. The van der Waals surface area contributed by atoms with Crippen molar-refractivity contribution in [2.75, 3.05) is 24.6 Å². The number of carbonyl (C=O) groups is 3. The van der Waals surface area contributed by atoms with Crippen molar-refractivity contribution in [3.8, 4) is 0 Å². The fraction of sp³-hybridized carbons (Fsp3) is 0.324. The second-order valence-corrected chi connectivity index (χ2v) is 12.9. The quantitative estimate of drug-likeness (QED) is 0.390. The number of hydrogen-bond acceptors (Lipinski definition) is 5. The number of halogens is 1. The molecule has 2 saturated heterocycles. The summed E-state index contributed by atoms with van der Waals surface area (Å²) in [5.74, 6) is -2.73. The Morgan fingerprint density at radius 2 is 1.61 bits per heavy atom. The summed E-state index contributed by atoms with van der Waals surface area (Å²) in [5.41, 5.74) is 1.84. The first-order valence-electron chi connectivity index (χ1n) is 15.7. The molecule has 7 rings (SSSR count). The zero-order valence-corrected chi connectivity index (χ0v) is 26.3. The summed E-state index contributed by atoms with van der Waals surface area (Å²) in [6.45, 7) is 2.49. The summed E-state index contributed by atoms with van der Waals surface area (Å²) in [6, 6.07) is 22.9. The van der Waals surface area contributed by atoms with Crippen molar-refractivity contribution < 1.29 is 24.2 Å². The van der Waals surface area contributed by atoms with Gasteiger partial charge in [0, 0.05) is 19.6 Å². The Morgan fingerprint density at radius 1 is 0.891 bits per heavy atom. The molecule has 46 heavy (non-hydrogen) atoms. The van der Waals surface area contributed by atoms with Crippen LogP contribution in [0.4, 0.5) is 5.69 Å². The fourth-order valence-corrected chi connectivity index (χ4v) is 8.09. The Bertz CT molecular complexity index is 1690. The van der Waals surface area contributed by atoms with Crippen molar-refractivity contribution in [3.05, 3.63) is 125 Å². The van der Waals surface area contributed by atoms with E-state index in [1.807, 2.05) is 104 Å². The van der Waals surface area contributed by atoms with Crippen molar-refractivity contribution in [1.82, 2.24) is 9.80 Å². The van der Waals surface area contributed by atoms with Gasteiger partial charge in [-0.05, 0) is 36.1 Å². The molecule has 3 amide bonds. The first-order valence-corrected chi connectivity index (χ1v) is 16.1. The van der Waals surface area contributed by atoms with Crippen LogP contribution >= 0.6 is 11.6 Å². The summed E-state index contributed by atoms with van der Waals surface area (Å²) >= 11 is 6.69. The van der Waals surface area contributed by atoms with Crippen molar-refractivity contribution in [3.63, 3.8) is 0 Å². The normalized spacial score (nSPS) is 27.7. The zero-order chi connectivity index (χ0) is 32.0. The van der Waals surface area contributed by atoms with Crippen LogP contribution in [0.2, 0.25) is 5.02 Å². The monoisotopic (exact) mass is 637 g/mol. The van der Waals surface area contributed by atoms with E-state index in [9.17, 15) is 19.5 Å². The van der Waals surface area contributed by atoms with E-state index >= 15 is 0 Å². The number of benzene rings is 3. The van der Waals surface area contributed by atoms with E-state index in [1.54, 1.807) is 15.9 Å². The average molecular weight is 638 g/mol. The van der Waals surface area contributed by atoms with Crippen molar-refractivity contribution >= 4 is 35.0 Å². The molecular formula is C37H36ClN3O5. The van der Waals surface area contributed by atoms with Crippen molar-refractivity contribution in [2.24, 2.45) is 11.8 Å². The maximum absolute atomic E-state index is 14.9. The Balaban J connectivity index is 1.33. The van der Waals surface area contributed by atoms with Crippen LogP contribution in [0.3, 0.4) is 0 Å². The molecule has 3 aromatic carbocycles. The second-order valence-electron chi connectivity index (χ2n) is 12.5. The van der Waals surface area contributed by atoms with Crippen LogP contribution in [-0.2, 0) is 32.1 Å². The molecule has 1 spiro atoms. The van der Waals surface area contributed by atoms with Crippen LogP contribution in [0.15, 0.2) is 103 Å². The van der Waals surface area contributed by atoms with Gasteiger partial charge < -0.3 is 24.5 Å². The van der Waals surface area contributed by atoms with E-state index in [0.29, 0.717) is 30.2 Å². The lowest BCUT2D eigenvalue weighted by Crippen LogP contribution is -2.58. The van der Waals surface area contributed by atoms with Crippen LogP contribution in [0.1, 0.15) is 16.7 Å². The summed E-state index contributed by atoms with van der Waals surface area (Å²) in [7, 11) is 0. The summed E-state index contributed by atoms with van der Waals surface area (Å²) in [6.07, 6.45) is 7.07. The van der Waals surface area contributed by atoms with E-state index in [0.717, 1.165) is 16.7 Å². The predicted molar refractivity (Wildman–Crippen MR) is 175 cm³/mol. The highest BCUT2D eigenvalue weighted by atomic mass is 35.5. The lowest BCUT2D eigenvalue weighted by Gasteiger charge is -2.39. The molecule has 1 N–H and O–H groups in total. The molecule has 0 aromatic heterocycles. The summed E-state index contributed by atoms with van der Waals surface area (Å²) < 4.78 is 6.82. The molecule has 4 heterocycles. The van der Waals surface area contributed by atoms with E-state index in [1.165, 1.54) is 4.90 Å². The molecule has 236 valence electrons. The minimum absolute atomic E-state index is 0.192. The van der Waals surface area contributed by atoms with Gasteiger partial charge in [0.2, 0.25) is 11.8 Å². The molecule has 4 aliphatic rings. The number of para-hydroxylation sites is 1. The third kappa shape index (κ3) is 4.96. The van der Waals surface area contributed by atoms with Gasteiger partial charge in [0.25, 0.3) is 5.91 Å². The predicted octanol–water partition coefficient (Wildman–Crippen LogP) is 4.33. The van der Waals surface area contributed by atoms with Gasteiger partial charge in [0.05, 0.1) is 41.3 Å². The largest absolute Gasteiger partial charge is 0.394 e. The fourth-order valence-electron chi connectivity index (χ4n) is 7.77. The lowest BCUT2D eigenvalue weighted by molar-refractivity contribution is -0.147. The van der Waals surface area contributed by atoms with Crippen molar-refractivity contribution in [2.45, 2.75) is 43.7 Å². The molecule has 9 heteroatoms. The third-order valence-corrected chi connectivity index (χ3v) is 10.1. The number of hydrogen-bond donors (Lipinski definition) is 1. The molecule has 0 aliphatic carbocycles. The minimum Gasteiger partial charge on any atom is -0.394 e. The Hall–Kier alpha value is -4.24. The number of likely N-dealkylation sites (tertiary alicyclic amines) is 1. The molecule has 0 bridgehead atoms. The molecule has 3 aromatic rings. The van der Waals surface area contributed by atoms with Crippen LogP contribution in [0.25, 0.3) is 0 Å². The van der Waals surface area contributed by atoms with E-state index < -0.39 is 35.6 Å².